The van der Waals surface area contributed by atoms with Gasteiger partial charge in [-0.1, -0.05) is 28.1 Å². The molecule has 2 heterocycles. The van der Waals surface area contributed by atoms with Gasteiger partial charge in [0.15, 0.2) is 0 Å². The molecule has 3 rings (SSSR count). The molecular formula is C17H23BrO3. The van der Waals surface area contributed by atoms with E-state index in [4.69, 9.17) is 9.47 Å². The van der Waals surface area contributed by atoms with Gasteiger partial charge < -0.3 is 14.6 Å². The fraction of sp³-hybridized carbons (Fsp3) is 0.647. The average Bonchev–Trinajstić information content (AvgIpc) is 2.50. The highest BCUT2D eigenvalue weighted by atomic mass is 79.9. The molecule has 4 heteroatoms. The number of rotatable bonds is 2. The van der Waals surface area contributed by atoms with Crippen molar-refractivity contribution in [1.82, 2.24) is 0 Å². The molecule has 2 aliphatic rings. The first-order valence-electron chi connectivity index (χ1n) is 7.76. The van der Waals surface area contributed by atoms with E-state index >= 15 is 0 Å². The van der Waals surface area contributed by atoms with Crippen LogP contribution in [0.25, 0.3) is 0 Å². The number of benzene rings is 1. The molecule has 0 radical (unpaired) electrons. The first-order chi connectivity index (χ1) is 10.1. The van der Waals surface area contributed by atoms with Gasteiger partial charge in [-0.05, 0) is 55.7 Å². The zero-order valence-corrected chi connectivity index (χ0v) is 14.1. The van der Waals surface area contributed by atoms with Crippen molar-refractivity contribution >= 4 is 15.9 Å². The number of halogens is 1. The molecule has 0 amide bonds. The highest BCUT2D eigenvalue weighted by Crippen LogP contribution is 2.42. The van der Waals surface area contributed by atoms with E-state index in [1.165, 1.54) is 0 Å². The van der Waals surface area contributed by atoms with Crippen LogP contribution < -0.4 is 0 Å². The summed E-state index contributed by atoms with van der Waals surface area (Å²) in [5.41, 5.74) is 2.11. The molecule has 1 aromatic rings. The zero-order valence-electron chi connectivity index (χ0n) is 12.5. The highest BCUT2D eigenvalue weighted by molar-refractivity contribution is 9.10. The van der Waals surface area contributed by atoms with E-state index in [0.29, 0.717) is 0 Å². The fourth-order valence-electron chi connectivity index (χ4n) is 3.63. The predicted octanol–water partition coefficient (Wildman–Crippen LogP) is 3.77. The Bertz CT molecular complexity index is 491. The van der Waals surface area contributed by atoms with Crippen LogP contribution in [0.4, 0.5) is 0 Å². The summed E-state index contributed by atoms with van der Waals surface area (Å²) in [4.78, 5) is 0. The lowest BCUT2D eigenvalue weighted by molar-refractivity contribution is -0.159. The van der Waals surface area contributed by atoms with Crippen molar-refractivity contribution in [2.75, 3.05) is 19.8 Å². The Balaban J connectivity index is 1.78. The molecule has 0 saturated carbocycles. The van der Waals surface area contributed by atoms with Crippen molar-refractivity contribution in [3.63, 3.8) is 0 Å². The minimum atomic E-state index is -0.411. The second-order valence-corrected chi connectivity index (χ2v) is 7.15. The summed E-state index contributed by atoms with van der Waals surface area (Å²) in [7, 11) is 0. The van der Waals surface area contributed by atoms with Gasteiger partial charge in [0.2, 0.25) is 0 Å². The molecule has 1 spiro atoms. The minimum absolute atomic E-state index is 0.0674. The Kier molecular flexibility index (Phi) is 4.69. The van der Waals surface area contributed by atoms with Crippen LogP contribution in [0.2, 0.25) is 0 Å². The van der Waals surface area contributed by atoms with E-state index in [1.807, 2.05) is 18.2 Å². The molecule has 3 nitrogen and oxygen atoms in total. The van der Waals surface area contributed by atoms with E-state index in [-0.39, 0.29) is 11.5 Å². The third-order valence-electron chi connectivity index (χ3n) is 5.01. The van der Waals surface area contributed by atoms with E-state index in [1.54, 1.807) is 0 Å². The van der Waals surface area contributed by atoms with E-state index in [9.17, 15) is 5.11 Å². The van der Waals surface area contributed by atoms with Gasteiger partial charge in [0.05, 0.1) is 11.7 Å². The van der Waals surface area contributed by atoms with Crippen LogP contribution in [0, 0.1) is 12.8 Å². The van der Waals surface area contributed by atoms with Crippen molar-refractivity contribution in [2.24, 2.45) is 5.92 Å². The normalized spacial score (nSPS) is 26.7. The lowest BCUT2D eigenvalue weighted by atomic mass is 9.77. The molecule has 0 aromatic heterocycles. The summed E-state index contributed by atoms with van der Waals surface area (Å²) in [6.07, 6.45) is 3.35. The van der Waals surface area contributed by atoms with Crippen molar-refractivity contribution in [2.45, 2.75) is 44.3 Å². The lowest BCUT2D eigenvalue weighted by Gasteiger charge is -2.44. The molecule has 2 fully saturated rings. The Morgan fingerprint density at radius 2 is 2.05 bits per heavy atom. The van der Waals surface area contributed by atoms with Crippen LogP contribution in [0.1, 0.15) is 42.9 Å². The summed E-state index contributed by atoms with van der Waals surface area (Å²) in [5, 5.41) is 10.9. The summed E-state index contributed by atoms with van der Waals surface area (Å²) in [6, 6.07) is 6.06. The number of aliphatic hydroxyl groups is 1. The molecular weight excluding hydrogens is 332 g/mol. The van der Waals surface area contributed by atoms with E-state index in [0.717, 1.165) is 61.1 Å². The molecule has 1 N–H and O–H groups in total. The molecule has 2 aliphatic heterocycles. The van der Waals surface area contributed by atoms with Gasteiger partial charge in [-0.2, -0.15) is 0 Å². The quantitative estimate of drug-likeness (QED) is 0.878. The third-order valence-corrected chi connectivity index (χ3v) is 5.87. The molecule has 2 unspecified atom stereocenters. The number of aliphatic hydroxyl groups excluding tert-OH is 1. The van der Waals surface area contributed by atoms with Crippen LogP contribution in [-0.4, -0.2) is 30.5 Å². The zero-order chi connectivity index (χ0) is 14.9. The topological polar surface area (TPSA) is 38.7 Å². The number of hydrogen-bond acceptors (Lipinski definition) is 3. The van der Waals surface area contributed by atoms with Crippen LogP contribution in [0.5, 0.6) is 0 Å². The third kappa shape index (κ3) is 3.19. The van der Waals surface area contributed by atoms with E-state index in [2.05, 4.69) is 22.9 Å². The summed E-state index contributed by atoms with van der Waals surface area (Å²) >= 11 is 3.56. The summed E-state index contributed by atoms with van der Waals surface area (Å²) in [6.45, 7) is 4.36. The van der Waals surface area contributed by atoms with Crippen molar-refractivity contribution in [3.8, 4) is 0 Å². The van der Waals surface area contributed by atoms with Crippen molar-refractivity contribution < 1.29 is 14.6 Å². The minimum Gasteiger partial charge on any atom is -0.388 e. The van der Waals surface area contributed by atoms with Gasteiger partial charge in [0, 0.05) is 24.3 Å². The Labute approximate surface area is 134 Å². The van der Waals surface area contributed by atoms with Crippen molar-refractivity contribution in [3.05, 3.63) is 33.8 Å². The maximum Gasteiger partial charge on any atom is 0.0823 e. The monoisotopic (exact) mass is 354 g/mol. The largest absolute Gasteiger partial charge is 0.388 e. The molecule has 1 aromatic carbocycles. The second kappa shape index (κ2) is 6.37. The van der Waals surface area contributed by atoms with Crippen molar-refractivity contribution in [1.29, 1.82) is 0 Å². The first kappa shape index (κ1) is 15.5. The molecule has 2 saturated heterocycles. The fourth-order valence-corrected chi connectivity index (χ4v) is 4.01. The molecule has 0 aliphatic carbocycles. The van der Waals surface area contributed by atoms with Crippen LogP contribution in [0.15, 0.2) is 22.7 Å². The molecule has 2 atom stereocenters. The van der Waals surface area contributed by atoms with Gasteiger partial charge in [-0.15, -0.1) is 0 Å². The molecule has 116 valence electrons. The number of ether oxygens (including phenoxy) is 2. The second-order valence-electron chi connectivity index (χ2n) is 6.30. The Morgan fingerprint density at radius 1 is 1.29 bits per heavy atom. The SMILES string of the molecule is Cc1c(Br)cccc1C(O)C1CCOC2(CCOCC2)C1. The maximum absolute atomic E-state index is 10.9. The van der Waals surface area contributed by atoms with Gasteiger partial charge in [0.25, 0.3) is 0 Å². The van der Waals surface area contributed by atoms with Crippen LogP contribution in [0.3, 0.4) is 0 Å². The summed E-state index contributed by atoms with van der Waals surface area (Å²) < 4.78 is 12.6. The number of hydrogen-bond donors (Lipinski definition) is 1. The Morgan fingerprint density at radius 3 is 2.81 bits per heavy atom. The smallest absolute Gasteiger partial charge is 0.0823 e. The maximum atomic E-state index is 10.9. The standard InChI is InChI=1S/C17H23BrO3/c1-12-14(3-2-4-15(12)18)16(19)13-5-8-21-17(11-13)6-9-20-10-7-17/h2-4,13,16,19H,5-11H2,1H3. The highest BCUT2D eigenvalue weighted by Gasteiger charge is 2.41. The van der Waals surface area contributed by atoms with Crippen LogP contribution >= 0.6 is 15.9 Å². The van der Waals surface area contributed by atoms with Gasteiger partial charge in [-0.25, -0.2) is 0 Å². The predicted molar refractivity (Wildman–Crippen MR) is 85.3 cm³/mol. The van der Waals surface area contributed by atoms with E-state index < -0.39 is 6.10 Å². The summed E-state index contributed by atoms with van der Waals surface area (Å²) in [5.74, 6) is 0.268. The van der Waals surface area contributed by atoms with Gasteiger partial charge in [0.1, 0.15) is 0 Å². The average molecular weight is 355 g/mol. The molecule has 0 bridgehead atoms. The Hall–Kier alpha value is -0.420. The van der Waals surface area contributed by atoms with Gasteiger partial charge >= 0.3 is 0 Å². The lowest BCUT2D eigenvalue weighted by Crippen LogP contribution is -2.45. The first-order valence-corrected chi connectivity index (χ1v) is 8.55. The van der Waals surface area contributed by atoms with Crippen LogP contribution in [-0.2, 0) is 9.47 Å². The van der Waals surface area contributed by atoms with Gasteiger partial charge in [-0.3, -0.25) is 0 Å². The molecule has 21 heavy (non-hydrogen) atoms.